The molecule has 2 heterocycles. The lowest BCUT2D eigenvalue weighted by Crippen LogP contribution is -1.98. The van der Waals surface area contributed by atoms with Crippen molar-refractivity contribution in [1.29, 1.82) is 0 Å². The van der Waals surface area contributed by atoms with Crippen LogP contribution in [-0.2, 0) is 12.8 Å². The van der Waals surface area contributed by atoms with Gasteiger partial charge in [0.2, 0.25) is 0 Å². The molecular weight excluding hydrogens is 306 g/mol. The first-order chi connectivity index (χ1) is 11.2. The number of nitrogens with zero attached hydrogens (tertiary/aromatic N) is 3. The number of benzene rings is 1. The van der Waals surface area contributed by atoms with Crippen LogP contribution in [0, 0.1) is 6.92 Å². The predicted octanol–water partition coefficient (Wildman–Crippen LogP) is 4.66. The zero-order valence-electron chi connectivity index (χ0n) is 12.9. The second-order valence-electron chi connectivity index (χ2n) is 5.88. The molecule has 0 N–H and O–H groups in total. The number of pyridine rings is 1. The highest BCUT2D eigenvalue weighted by atomic mass is 35.5. The van der Waals surface area contributed by atoms with Gasteiger partial charge in [0.15, 0.2) is 5.82 Å². The Hall–Kier alpha value is -2.26. The van der Waals surface area contributed by atoms with Gasteiger partial charge in [-0.25, -0.2) is 15.0 Å². The Morgan fingerprint density at radius 1 is 0.957 bits per heavy atom. The molecule has 23 heavy (non-hydrogen) atoms. The minimum atomic E-state index is 0.674. The van der Waals surface area contributed by atoms with E-state index in [1.165, 1.54) is 16.7 Å². The highest BCUT2D eigenvalue weighted by Gasteiger charge is 2.17. The highest BCUT2D eigenvalue weighted by molar-refractivity contribution is 6.30. The molecule has 0 unspecified atom stereocenters. The summed E-state index contributed by atoms with van der Waals surface area (Å²) in [5.41, 5.74) is 6.52. The van der Waals surface area contributed by atoms with Crippen LogP contribution in [0.25, 0.3) is 22.8 Å². The van der Waals surface area contributed by atoms with E-state index in [4.69, 9.17) is 16.6 Å². The molecule has 1 aliphatic rings. The number of aromatic nitrogens is 3. The van der Waals surface area contributed by atoms with Crippen molar-refractivity contribution in [1.82, 2.24) is 15.0 Å². The van der Waals surface area contributed by atoms with Crippen LogP contribution in [0.2, 0.25) is 5.02 Å². The molecule has 0 aliphatic heterocycles. The van der Waals surface area contributed by atoms with Crippen molar-refractivity contribution >= 4 is 11.6 Å². The molecule has 0 bridgehead atoms. The first-order valence-electron chi connectivity index (χ1n) is 7.79. The second kappa shape index (κ2) is 5.74. The average Bonchev–Trinajstić information content (AvgIpc) is 2.73. The molecule has 2 aromatic heterocycles. The molecule has 0 saturated heterocycles. The van der Waals surface area contributed by atoms with Crippen molar-refractivity contribution in [3.05, 3.63) is 64.4 Å². The monoisotopic (exact) mass is 321 g/mol. The van der Waals surface area contributed by atoms with E-state index >= 15 is 0 Å². The van der Waals surface area contributed by atoms with E-state index in [9.17, 15) is 0 Å². The van der Waals surface area contributed by atoms with E-state index in [1.807, 2.05) is 25.1 Å². The number of fused-ring (bicyclic) bond motifs is 3. The Morgan fingerprint density at radius 3 is 2.70 bits per heavy atom. The van der Waals surface area contributed by atoms with Crippen LogP contribution in [0.1, 0.15) is 23.2 Å². The molecule has 4 rings (SSSR count). The fourth-order valence-corrected chi connectivity index (χ4v) is 3.28. The fraction of sp³-hybridized carbons (Fsp3) is 0.211. The number of rotatable bonds is 1. The molecular formula is C19H16ClN3. The molecule has 0 fully saturated rings. The SMILES string of the molecule is Cc1ccnc(-c2ccc3c(n2)-c2ccc(Cl)cc2CCC3)n1. The van der Waals surface area contributed by atoms with Crippen molar-refractivity contribution < 1.29 is 0 Å². The van der Waals surface area contributed by atoms with E-state index < -0.39 is 0 Å². The Bertz CT molecular complexity index is 890. The van der Waals surface area contributed by atoms with Crippen LogP contribution in [0.15, 0.2) is 42.6 Å². The first-order valence-corrected chi connectivity index (χ1v) is 8.17. The molecule has 3 nitrogen and oxygen atoms in total. The van der Waals surface area contributed by atoms with Crippen LogP contribution >= 0.6 is 11.6 Å². The van der Waals surface area contributed by atoms with Crippen molar-refractivity contribution in [2.75, 3.05) is 0 Å². The van der Waals surface area contributed by atoms with E-state index in [-0.39, 0.29) is 0 Å². The maximum atomic E-state index is 6.16. The molecule has 4 heteroatoms. The van der Waals surface area contributed by atoms with Gasteiger partial charge in [-0.15, -0.1) is 0 Å². The van der Waals surface area contributed by atoms with Crippen molar-refractivity contribution in [2.24, 2.45) is 0 Å². The maximum absolute atomic E-state index is 6.16. The summed E-state index contributed by atoms with van der Waals surface area (Å²) in [6.07, 6.45) is 4.95. The minimum Gasteiger partial charge on any atom is -0.244 e. The molecule has 0 atom stereocenters. The summed E-state index contributed by atoms with van der Waals surface area (Å²) >= 11 is 6.16. The van der Waals surface area contributed by atoms with Crippen LogP contribution in [0.3, 0.4) is 0 Å². The maximum Gasteiger partial charge on any atom is 0.178 e. The summed E-state index contributed by atoms with van der Waals surface area (Å²) in [6.45, 7) is 1.96. The largest absolute Gasteiger partial charge is 0.244 e. The third-order valence-corrected chi connectivity index (χ3v) is 4.45. The van der Waals surface area contributed by atoms with Crippen LogP contribution < -0.4 is 0 Å². The molecule has 3 aromatic rings. The lowest BCUT2D eigenvalue weighted by Gasteiger charge is -2.10. The summed E-state index contributed by atoms with van der Waals surface area (Å²) in [4.78, 5) is 13.7. The van der Waals surface area contributed by atoms with Crippen LogP contribution in [-0.4, -0.2) is 15.0 Å². The highest BCUT2D eigenvalue weighted by Crippen LogP contribution is 2.33. The van der Waals surface area contributed by atoms with Gasteiger partial charge in [0.05, 0.1) is 5.69 Å². The summed E-state index contributed by atoms with van der Waals surface area (Å²) in [5, 5.41) is 0.783. The van der Waals surface area contributed by atoms with E-state index in [2.05, 4.69) is 28.2 Å². The van der Waals surface area contributed by atoms with Gasteiger partial charge in [-0.05, 0) is 61.6 Å². The molecule has 0 amide bonds. The molecule has 0 saturated carbocycles. The Kier molecular flexibility index (Phi) is 3.58. The topological polar surface area (TPSA) is 38.7 Å². The summed E-state index contributed by atoms with van der Waals surface area (Å²) in [7, 11) is 0. The Balaban J connectivity index is 1.89. The Morgan fingerprint density at radius 2 is 1.83 bits per heavy atom. The van der Waals surface area contributed by atoms with Crippen molar-refractivity contribution in [3.63, 3.8) is 0 Å². The fourth-order valence-electron chi connectivity index (χ4n) is 3.09. The van der Waals surface area contributed by atoms with Gasteiger partial charge in [0.25, 0.3) is 0 Å². The lowest BCUT2D eigenvalue weighted by atomic mass is 10.0. The number of hydrogen-bond donors (Lipinski definition) is 0. The molecule has 114 valence electrons. The zero-order valence-corrected chi connectivity index (χ0v) is 13.6. The normalized spacial score (nSPS) is 13.1. The molecule has 1 aromatic carbocycles. The summed E-state index contributed by atoms with van der Waals surface area (Å²) in [5.74, 6) is 0.674. The van der Waals surface area contributed by atoms with Gasteiger partial charge < -0.3 is 0 Å². The van der Waals surface area contributed by atoms with Gasteiger partial charge in [-0.3, -0.25) is 0 Å². The first kappa shape index (κ1) is 14.3. The number of aryl methyl sites for hydroxylation is 3. The van der Waals surface area contributed by atoms with Gasteiger partial charge in [0, 0.05) is 22.5 Å². The standard InChI is InChI=1S/C19H16ClN3/c1-12-9-10-21-19(22-12)17-8-5-13-3-2-4-14-11-15(20)6-7-16(14)18(13)23-17/h5-11H,2-4H2,1H3. The third-order valence-electron chi connectivity index (χ3n) is 4.22. The third kappa shape index (κ3) is 2.73. The lowest BCUT2D eigenvalue weighted by molar-refractivity contribution is 0.833. The van der Waals surface area contributed by atoms with Gasteiger partial charge >= 0.3 is 0 Å². The van der Waals surface area contributed by atoms with Gasteiger partial charge in [-0.2, -0.15) is 0 Å². The van der Waals surface area contributed by atoms with E-state index in [1.54, 1.807) is 6.20 Å². The smallest absolute Gasteiger partial charge is 0.178 e. The van der Waals surface area contributed by atoms with Crippen LogP contribution in [0.4, 0.5) is 0 Å². The number of hydrogen-bond acceptors (Lipinski definition) is 3. The van der Waals surface area contributed by atoms with Gasteiger partial charge in [-0.1, -0.05) is 23.7 Å². The summed E-state index contributed by atoms with van der Waals surface area (Å²) in [6, 6.07) is 12.2. The summed E-state index contributed by atoms with van der Waals surface area (Å²) < 4.78 is 0. The van der Waals surface area contributed by atoms with Crippen molar-refractivity contribution in [2.45, 2.75) is 26.2 Å². The molecule has 1 aliphatic carbocycles. The van der Waals surface area contributed by atoms with E-state index in [0.717, 1.165) is 41.4 Å². The predicted molar refractivity (Wildman–Crippen MR) is 92.5 cm³/mol. The van der Waals surface area contributed by atoms with Crippen molar-refractivity contribution in [3.8, 4) is 22.8 Å². The minimum absolute atomic E-state index is 0.674. The average molecular weight is 322 g/mol. The molecule has 0 spiro atoms. The Labute approximate surface area is 140 Å². The molecule has 0 radical (unpaired) electrons. The number of halogens is 1. The van der Waals surface area contributed by atoms with E-state index in [0.29, 0.717) is 5.82 Å². The quantitative estimate of drug-likeness (QED) is 0.654. The van der Waals surface area contributed by atoms with Gasteiger partial charge in [0.1, 0.15) is 5.69 Å². The van der Waals surface area contributed by atoms with Crippen LogP contribution in [0.5, 0.6) is 0 Å². The second-order valence-corrected chi connectivity index (χ2v) is 6.32. The zero-order chi connectivity index (χ0) is 15.8.